The van der Waals surface area contributed by atoms with Crippen LogP contribution in [0.1, 0.15) is 12.0 Å². The van der Waals surface area contributed by atoms with Gasteiger partial charge in [0.2, 0.25) is 5.16 Å². The lowest BCUT2D eigenvalue weighted by atomic mass is 9.91. The molecule has 0 amide bonds. The maximum atomic E-state index is 12.4. The highest BCUT2D eigenvalue weighted by Crippen LogP contribution is 2.26. The second kappa shape index (κ2) is 6.00. The average molecular weight is 342 g/mol. The zero-order valence-electron chi connectivity index (χ0n) is 11.8. The first kappa shape index (κ1) is 15.5. The first-order valence-electron chi connectivity index (χ1n) is 6.85. The number of nitrogens with zero attached hydrogens (tertiary/aromatic N) is 1. The highest BCUT2D eigenvalue weighted by molar-refractivity contribution is 7.89. The predicted octanol–water partition coefficient (Wildman–Crippen LogP) is 1.74. The molecule has 1 aromatic carbocycles. The molecule has 0 radical (unpaired) electrons. The minimum atomic E-state index is -3.71. The number of aromatic nitrogens is 2. The van der Waals surface area contributed by atoms with E-state index in [1.54, 1.807) is 12.1 Å². The topological polar surface area (TPSA) is 84.1 Å². The lowest BCUT2D eigenvalue weighted by Gasteiger charge is -2.28. The molecular formula is C14H16ClN3O3S. The third-order valence-electron chi connectivity index (χ3n) is 3.64. The molecular weight excluding hydrogens is 326 g/mol. The van der Waals surface area contributed by atoms with Crippen LogP contribution in [0.25, 0.3) is 0 Å². The van der Waals surface area contributed by atoms with Crippen LogP contribution in [0, 0.1) is 0 Å². The number of nitrogens with one attached hydrogen (secondary N) is 2. The minimum absolute atomic E-state index is 0.0881. The van der Waals surface area contributed by atoms with Crippen LogP contribution in [0.2, 0.25) is 5.02 Å². The van der Waals surface area contributed by atoms with Crippen molar-refractivity contribution in [2.45, 2.75) is 23.5 Å². The van der Waals surface area contributed by atoms with Crippen LogP contribution in [0.3, 0.4) is 0 Å². The van der Waals surface area contributed by atoms with Gasteiger partial charge in [-0.2, -0.15) is 4.72 Å². The van der Waals surface area contributed by atoms with E-state index in [2.05, 4.69) is 14.7 Å². The van der Waals surface area contributed by atoms with Crippen LogP contribution >= 0.6 is 11.6 Å². The Hall–Kier alpha value is -1.41. The summed E-state index contributed by atoms with van der Waals surface area (Å²) in [6.07, 6.45) is 4.02. The van der Waals surface area contributed by atoms with Crippen molar-refractivity contribution in [1.82, 2.24) is 14.7 Å². The molecule has 0 aliphatic carbocycles. The Kier molecular flexibility index (Phi) is 4.22. The summed E-state index contributed by atoms with van der Waals surface area (Å²) in [6.45, 7) is 0.851. The number of hydrogen-bond donors (Lipinski definition) is 2. The number of sulfonamides is 1. The van der Waals surface area contributed by atoms with E-state index >= 15 is 0 Å². The number of imidazole rings is 1. The number of hydrogen-bond acceptors (Lipinski definition) is 4. The van der Waals surface area contributed by atoms with Crippen LogP contribution in [0.15, 0.2) is 41.8 Å². The molecule has 2 aromatic rings. The van der Waals surface area contributed by atoms with Gasteiger partial charge in [0.15, 0.2) is 0 Å². The molecule has 118 valence electrons. The third kappa shape index (κ3) is 3.33. The van der Waals surface area contributed by atoms with Crippen LogP contribution in [0.5, 0.6) is 0 Å². The molecule has 1 unspecified atom stereocenters. The van der Waals surface area contributed by atoms with Crippen LogP contribution in [0.4, 0.5) is 0 Å². The van der Waals surface area contributed by atoms with Gasteiger partial charge >= 0.3 is 0 Å². The largest absolute Gasteiger partial charge is 0.379 e. The summed E-state index contributed by atoms with van der Waals surface area (Å²) < 4.78 is 33.0. The number of halogens is 1. The molecule has 1 saturated heterocycles. The summed E-state index contributed by atoms with van der Waals surface area (Å²) in [7, 11) is -3.71. The molecule has 8 heteroatoms. The second-order valence-electron chi connectivity index (χ2n) is 5.39. The molecule has 3 rings (SSSR count). The van der Waals surface area contributed by atoms with Gasteiger partial charge in [0, 0.05) is 24.0 Å². The Labute approximate surface area is 133 Å². The van der Waals surface area contributed by atoms with Crippen molar-refractivity contribution in [3.63, 3.8) is 0 Å². The molecule has 0 spiro atoms. The van der Waals surface area contributed by atoms with E-state index in [9.17, 15) is 8.42 Å². The fourth-order valence-corrected chi connectivity index (χ4v) is 4.04. The van der Waals surface area contributed by atoms with Gasteiger partial charge in [0.25, 0.3) is 10.0 Å². The Bertz CT molecular complexity index is 723. The van der Waals surface area contributed by atoms with Gasteiger partial charge in [-0.25, -0.2) is 13.4 Å². The molecule has 1 aliphatic heterocycles. The van der Waals surface area contributed by atoms with Crippen molar-refractivity contribution in [3.8, 4) is 0 Å². The smallest absolute Gasteiger partial charge is 0.274 e. The number of ether oxygens (including phenoxy) is 1. The van der Waals surface area contributed by atoms with Gasteiger partial charge in [0.1, 0.15) is 0 Å². The predicted molar refractivity (Wildman–Crippen MR) is 82.2 cm³/mol. The van der Waals surface area contributed by atoms with E-state index in [4.69, 9.17) is 16.3 Å². The number of aromatic amines is 1. The van der Waals surface area contributed by atoms with E-state index in [-0.39, 0.29) is 5.16 Å². The maximum Gasteiger partial charge on any atom is 0.274 e. The Morgan fingerprint density at radius 3 is 2.73 bits per heavy atom. The fraction of sp³-hybridized carbons (Fsp3) is 0.357. The first-order chi connectivity index (χ1) is 10.5. The third-order valence-corrected chi connectivity index (χ3v) is 5.32. The van der Waals surface area contributed by atoms with Gasteiger partial charge in [-0.1, -0.05) is 23.7 Å². The van der Waals surface area contributed by atoms with Gasteiger partial charge in [-0.15, -0.1) is 0 Å². The number of benzene rings is 1. The summed E-state index contributed by atoms with van der Waals surface area (Å²) in [5.74, 6) is 0. The second-order valence-corrected chi connectivity index (χ2v) is 7.42. The quantitative estimate of drug-likeness (QED) is 0.867. The molecule has 2 N–H and O–H groups in total. The van der Waals surface area contributed by atoms with Crippen molar-refractivity contribution in [2.24, 2.45) is 0 Å². The molecule has 1 aliphatic rings. The van der Waals surface area contributed by atoms with Crippen molar-refractivity contribution in [1.29, 1.82) is 0 Å². The van der Waals surface area contributed by atoms with E-state index in [0.717, 1.165) is 5.56 Å². The average Bonchev–Trinajstić information content (AvgIpc) is 3.13. The van der Waals surface area contributed by atoms with Crippen LogP contribution < -0.4 is 4.72 Å². The Morgan fingerprint density at radius 1 is 1.36 bits per heavy atom. The lowest BCUT2D eigenvalue weighted by molar-refractivity contribution is 0.173. The summed E-state index contributed by atoms with van der Waals surface area (Å²) >= 11 is 5.89. The number of rotatable bonds is 5. The Balaban J connectivity index is 1.84. The summed E-state index contributed by atoms with van der Waals surface area (Å²) in [5, 5.41) is 0.562. The highest BCUT2D eigenvalue weighted by Gasteiger charge is 2.39. The van der Waals surface area contributed by atoms with Crippen molar-refractivity contribution < 1.29 is 13.2 Å². The van der Waals surface area contributed by atoms with Gasteiger partial charge in [0.05, 0.1) is 12.1 Å². The summed E-state index contributed by atoms with van der Waals surface area (Å²) in [4.78, 5) is 6.44. The van der Waals surface area contributed by atoms with E-state index < -0.39 is 15.6 Å². The standard InChI is InChI=1S/C14H16ClN3O3S/c15-12-3-1-11(2-4-12)9-14(5-8-21-10-14)18-22(19,20)13-16-6-7-17-13/h1-4,6-7,18H,5,8-10H2,(H,16,17). The lowest BCUT2D eigenvalue weighted by Crippen LogP contribution is -2.50. The SMILES string of the molecule is O=S(=O)(NC1(Cc2ccc(Cl)cc2)CCOC1)c1ncc[nH]1. The minimum Gasteiger partial charge on any atom is -0.379 e. The van der Waals surface area contributed by atoms with Crippen LogP contribution in [-0.2, 0) is 21.2 Å². The fourth-order valence-electron chi connectivity index (χ4n) is 2.59. The van der Waals surface area contributed by atoms with Crippen molar-refractivity contribution in [2.75, 3.05) is 13.2 Å². The molecule has 1 aromatic heterocycles. The summed E-state index contributed by atoms with van der Waals surface area (Å²) in [5.41, 5.74) is 0.330. The maximum absolute atomic E-state index is 12.4. The normalized spacial score (nSPS) is 22.0. The molecule has 1 fully saturated rings. The summed E-state index contributed by atoms with van der Waals surface area (Å²) in [6, 6.07) is 7.37. The molecule has 2 heterocycles. The molecule has 0 bridgehead atoms. The zero-order chi connectivity index (χ0) is 15.6. The van der Waals surface area contributed by atoms with E-state index in [0.29, 0.717) is 31.1 Å². The molecule has 1 atom stereocenters. The molecule has 6 nitrogen and oxygen atoms in total. The van der Waals surface area contributed by atoms with E-state index in [1.165, 1.54) is 12.4 Å². The highest BCUT2D eigenvalue weighted by atomic mass is 35.5. The zero-order valence-corrected chi connectivity index (χ0v) is 13.3. The van der Waals surface area contributed by atoms with Crippen molar-refractivity contribution in [3.05, 3.63) is 47.2 Å². The van der Waals surface area contributed by atoms with Crippen molar-refractivity contribution >= 4 is 21.6 Å². The van der Waals surface area contributed by atoms with Gasteiger partial charge in [-0.05, 0) is 30.5 Å². The Morgan fingerprint density at radius 2 is 2.14 bits per heavy atom. The first-order valence-corrected chi connectivity index (χ1v) is 8.71. The van der Waals surface area contributed by atoms with Crippen LogP contribution in [-0.4, -0.2) is 37.1 Å². The molecule has 22 heavy (non-hydrogen) atoms. The van der Waals surface area contributed by atoms with Gasteiger partial charge in [-0.3, -0.25) is 0 Å². The molecule has 0 saturated carbocycles. The van der Waals surface area contributed by atoms with E-state index in [1.807, 2.05) is 12.1 Å². The van der Waals surface area contributed by atoms with Gasteiger partial charge < -0.3 is 9.72 Å². The number of H-pyrrole nitrogens is 1. The monoisotopic (exact) mass is 341 g/mol.